The lowest BCUT2D eigenvalue weighted by atomic mass is 10.0. The summed E-state index contributed by atoms with van der Waals surface area (Å²) in [5.74, 6) is -1.34. The normalized spacial score (nSPS) is 17.5. The van der Waals surface area contributed by atoms with Crippen molar-refractivity contribution >= 4 is 11.2 Å². The molecule has 1 atom stereocenters. The second-order valence-corrected chi connectivity index (χ2v) is 6.11. The number of hydrogen-bond donors (Lipinski definition) is 1. The van der Waals surface area contributed by atoms with Gasteiger partial charge in [0.25, 0.3) is 0 Å². The van der Waals surface area contributed by atoms with Crippen molar-refractivity contribution in [1.29, 1.82) is 0 Å². The number of alkyl halides is 3. The highest BCUT2D eigenvalue weighted by Crippen LogP contribution is 2.34. The Morgan fingerprint density at radius 3 is 2.69 bits per heavy atom. The minimum absolute atomic E-state index is 0.0713. The summed E-state index contributed by atoms with van der Waals surface area (Å²) in [6, 6.07) is 4.32. The highest BCUT2D eigenvalue weighted by molar-refractivity contribution is 5.78. The van der Waals surface area contributed by atoms with Gasteiger partial charge in [0.15, 0.2) is 5.65 Å². The van der Waals surface area contributed by atoms with Gasteiger partial charge in [0.1, 0.15) is 5.82 Å². The predicted molar refractivity (Wildman–Crippen MR) is 85.1 cm³/mol. The first-order chi connectivity index (χ1) is 12.3. The van der Waals surface area contributed by atoms with Crippen LogP contribution < -0.4 is 5.69 Å². The van der Waals surface area contributed by atoms with Crippen LogP contribution in [0.2, 0.25) is 0 Å². The maximum absolute atomic E-state index is 13.5. The fraction of sp³-hybridized carbons (Fsp3) is 0.294. The summed E-state index contributed by atoms with van der Waals surface area (Å²) in [7, 11) is 0. The average Bonchev–Trinajstić information content (AvgIpc) is 2.85. The van der Waals surface area contributed by atoms with Crippen LogP contribution in [0.25, 0.3) is 22.3 Å². The SMILES string of the molecule is O=c1[nH]c2ncc(-c3ccc(F)c(C(F)(F)F)c3)cc2n1C[C@H]1CCO1. The maximum Gasteiger partial charge on any atom is 0.419 e. The molecule has 0 bridgehead atoms. The molecule has 1 N–H and O–H groups in total. The molecule has 0 spiro atoms. The zero-order valence-corrected chi connectivity index (χ0v) is 13.3. The van der Waals surface area contributed by atoms with Crippen LogP contribution in [0, 0.1) is 5.82 Å². The Hall–Kier alpha value is -2.68. The van der Waals surface area contributed by atoms with Crippen molar-refractivity contribution in [3.63, 3.8) is 0 Å². The molecule has 1 aliphatic heterocycles. The van der Waals surface area contributed by atoms with Gasteiger partial charge in [-0.1, -0.05) is 6.07 Å². The van der Waals surface area contributed by atoms with Crippen LogP contribution in [0.5, 0.6) is 0 Å². The summed E-state index contributed by atoms with van der Waals surface area (Å²) in [5.41, 5.74) is -0.407. The number of benzene rings is 1. The largest absolute Gasteiger partial charge is 0.419 e. The van der Waals surface area contributed by atoms with Crippen molar-refractivity contribution in [2.75, 3.05) is 6.61 Å². The molecule has 9 heteroatoms. The number of nitrogens with one attached hydrogen (secondary N) is 1. The third kappa shape index (κ3) is 2.88. The van der Waals surface area contributed by atoms with Gasteiger partial charge in [-0.2, -0.15) is 13.2 Å². The minimum atomic E-state index is -4.80. The smallest absolute Gasteiger partial charge is 0.376 e. The molecule has 0 amide bonds. The number of imidazole rings is 1. The van der Waals surface area contributed by atoms with Crippen molar-refractivity contribution < 1.29 is 22.3 Å². The molecule has 4 rings (SSSR count). The molecule has 0 radical (unpaired) electrons. The molecule has 3 aromatic rings. The molecule has 1 aliphatic rings. The molecular weight excluding hydrogens is 354 g/mol. The third-order valence-electron chi connectivity index (χ3n) is 4.41. The van der Waals surface area contributed by atoms with E-state index in [2.05, 4.69) is 9.97 Å². The molecule has 26 heavy (non-hydrogen) atoms. The number of nitrogens with zero attached hydrogens (tertiary/aromatic N) is 2. The molecule has 1 fully saturated rings. The lowest BCUT2D eigenvalue weighted by Crippen LogP contribution is -2.34. The lowest BCUT2D eigenvalue weighted by Gasteiger charge is -2.26. The number of aromatic amines is 1. The molecule has 0 saturated carbocycles. The summed E-state index contributed by atoms with van der Waals surface area (Å²) in [6.45, 7) is 0.974. The zero-order chi connectivity index (χ0) is 18.5. The molecular formula is C17H13F4N3O2. The lowest BCUT2D eigenvalue weighted by molar-refractivity contribution is -0.139. The number of fused-ring (bicyclic) bond motifs is 1. The first kappa shape index (κ1) is 16.8. The maximum atomic E-state index is 13.5. The Bertz CT molecular complexity index is 1030. The highest BCUT2D eigenvalue weighted by Gasteiger charge is 2.34. The summed E-state index contributed by atoms with van der Waals surface area (Å²) < 4.78 is 59.1. The quantitative estimate of drug-likeness (QED) is 0.723. The molecule has 0 aliphatic carbocycles. The third-order valence-corrected chi connectivity index (χ3v) is 4.41. The second kappa shape index (κ2) is 5.94. The van der Waals surface area contributed by atoms with E-state index in [4.69, 9.17) is 4.74 Å². The molecule has 2 aromatic heterocycles. The Kier molecular flexibility index (Phi) is 3.83. The zero-order valence-electron chi connectivity index (χ0n) is 13.3. The van der Waals surface area contributed by atoms with Gasteiger partial charge >= 0.3 is 11.9 Å². The van der Waals surface area contributed by atoms with Crippen LogP contribution in [0.4, 0.5) is 17.6 Å². The Morgan fingerprint density at radius 1 is 1.27 bits per heavy atom. The number of halogens is 4. The molecule has 0 unspecified atom stereocenters. The first-order valence-corrected chi connectivity index (χ1v) is 7.90. The van der Waals surface area contributed by atoms with Crippen LogP contribution in [-0.2, 0) is 17.5 Å². The van der Waals surface area contributed by atoms with E-state index in [0.717, 1.165) is 18.6 Å². The van der Waals surface area contributed by atoms with Gasteiger partial charge in [0, 0.05) is 18.4 Å². The van der Waals surface area contributed by atoms with Crippen molar-refractivity contribution in [3.8, 4) is 11.1 Å². The summed E-state index contributed by atoms with van der Waals surface area (Å²) in [6.07, 6.45) is -2.69. The second-order valence-electron chi connectivity index (χ2n) is 6.11. The Balaban J connectivity index is 1.80. The van der Waals surface area contributed by atoms with E-state index in [-0.39, 0.29) is 17.4 Å². The van der Waals surface area contributed by atoms with Gasteiger partial charge in [-0.25, -0.2) is 14.2 Å². The molecule has 136 valence electrons. The van der Waals surface area contributed by atoms with Crippen LogP contribution in [0.15, 0.2) is 35.3 Å². The van der Waals surface area contributed by atoms with Crippen molar-refractivity contribution in [1.82, 2.24) is 14.5 Å². The highest BCUT2D eigenvalue weighted by atomic mass is 19.4. The standard InChI is InChI=1S/C17H13F4N3O2/c18-13-2-1-9(5-12(13)17(19,20)21)10-6-14-15(22-7-10)23-16(25)24(14)8-11-3-4-26-11/h1-2,5-7,11H,3-4,8H2,(H,22,23,25)/t11-/m1/s1. The molecule has 3 heterocycles. The van der Waals surface area contributed by atoms with E-state index in [1.807, 2.05) is 0 Å². The van der Waals surface area contributed by atoms with Gasteiger partial charge in [-0.05, 0) is 30.2 Å². The van der Waals surface area contributed by atoms with Crippen LogP contribution in [0.3, 0.4) is 0 Å². The van der Waals surface area contributed by atoms with Gasteiger partial charge in [0.2, 0.25) is 0 Å². The molecule has 5 nitrogen and oxygen atoms in total. The molecule has 1 aromatic carbocycles. The van der Waals surface area contributed by atoms with E-state index in [1.165, 1.54) is 16.8 Å². The summed E-state index contributed by atoms with van der Waals surface area (Å²) in [4.78, 5) is 18.8. The predicted octanol–water partition coefficient (Wildman–Crippen LogP) is 3.34. The van der Waals surface area contributed by atoms with Crippen LogP contribution in [-0.4, -0.2) is 27.2 Å². The van der Waals surface area contributed by atoms with Crippen molar-refractivity contribution in [2.24, 2.45) is 0 Å². The number of hydrogen-bond acceptors (Lipinski definition) is 3. The Labute approximate surface area is 144 Å². The number of aromatic nitrogens is 3. The summed E-state index contributed by atoms with van der Waals surface area (Å²) >= 11 is 0. The van der Waals surface area contributed by atoms with Gasteiger partial charge in [-0.3, -0.25) is 9.55 Å². The van der Waals surface area contributed by atoms with E-state index in [1.54, 1.807) is 6.07 Å². The van der Waals surface area contributed by atoms with E-state index < -0.39 is 17.6 Å². The summed E-state index contributed by atoms with van der Waals surface area (Å²) in [5, 5.41) is 0. The monoisotopic (exact) mass is 367 g/mol. The Morgan fingerprint density at radius 2 is 2.04 bits per heavy atom. The van der Waals surface area contributed by atoms with E-state index in [0.29, 0.717) is 29.9 Å². The molecule has 1 saturated heterocycles. The number of pyridine rings is 1. The topological polar surface area (TPSA) is 59.9 Å². The van der Waals surface area contributed by atoms with Gasteiger partial charge < -0.3 is 4.74 Å². The van der Waals surface area contributed by atoms with Gasteiger partial charge in [-0.15, -0.1) is 0 Å². The van der Waals surface area contributed by atoms with E-state index >= 15 is 0 Å². The van der Waals surface area contributed by atoms with Crippen molar-refractivity contribution in [3.05, 3.63) is 52.3 Å². The fourth-order valence-corrected chi connectivity index (χ4v) is 2.93. The fourth-order valence-electron chi connectivity index (χ4n) is 2.93. The minimum Gasteiger partial charge on any atom is -0.376 e. The van der Waals surface area contributed by atoms with Gasteiger partial charge in [0.05, 0.1) is 23.7 Å². The van der Waals surface area contributed by atoms with E-state index in [9.17, 15) is 22.4 Å². The first-order valence-electron chi connectivity index (χ1n) is 7.90. The number of ether oxygens (including phenoxy) is 1. The van der Waals surface area contributed by atoms with Crippen LogP contribution in [0.1, 0.15) is 12.0 Å². The van der Waals surface area contributed by atoms with Crippen LogP contribution >= 0.6 is 0 Å². The number of rotatable bonds is 3. The van der Waals surface area contributed by atoms with Crippen molar-refractivity contribution in [2.45, 2.75) is 25.2 Å². The number of H-pyrrole nitrogens is 1. The average molecular weight is 367 g/mol.